The molecule has 1 fully saturated rings. The summed E-state index contributed by atoms with van der Waals surface area (Å²) in [5.41, 5.74) is -0.371. The number of alkyl halides is 3. The van der Waals surface area contributed by atoms with E-state index < -0.39 is 22.5 Å². The van der Waals surface area contributed by atoms with E-state index in [-0.39, 0.29) is 17.7 Å². The van der Waals surface area contributed by atoms with Crippen molar-refractivity contribution in [3.63, 3.8) is 0 Å². The second kappa shape index (κ2) is 9.31. The molecular weight excluding hydrogens is 439 g/mol. The van der Waals surface area contributed by atoms with E-state index in [4.69, 9.17) is 4.74 Å². The Bertz CT molecular complexity index is 1130. The van der Waals surface area contributed by atoms with Gasteiger partial charge in [-0.1, -0.05) is 6.07 Å². The summed E-state index contributed by atoms with van der Waals surface area (Å²) in [5.74, 6) is 0.0383. The molecule has 1 saturated carbocycles. The molecule has 0 unspecified atom stereocenters. The third kappa shape index (κ3) is 5.68. The molecule has 1 aliphatic rings. The van der Waals surface area contributed by atoms with Crippen LogP contribution in [0, 0.1) is 10.1 Å². The van der Waals surface area contributed by atoms with Crippen molar-refractivity contribution in [2.75, 3.05) is 10.6 Å². The third-order valence-corrected chi connectivity index (χ3v) is 5.13. The van der Waals surface area contributed by atoms with Crippen molar-refractivity contribution in [1.82, 2.24) is 9.97 Å². The van der Waals surface area contributed by atoms with Crippen LogP contribution in [0.15, 0.2) is 54.7 Å². The van der Waals surface area contributed by atoms with Gasteiger partial charge in [-0.15, -0.1) is 0 Å². The van der Waals surface area contributed by atoms with Gasteiger partial charge in [0.15, 0.2) is 0 Å². The Balaban J connectivity index is 1.57. The molecule has 1 aliphatic carbocycles. The largest absolute Gasteiger partial charge is 0.490 e. The number of benzene rings is 2. The first-order chi connectivity index (χ1) is 15.8. The molecule has 4 rings (SSSR count). The van der Waals surface area contributed by atoms with Crippen molar-refractivity contribution < 1.29 is 22.8 Å². The molecule has 1 heterocycles. The van der Waals surface area contributed by atoms with Crippen molar-refractivity contribution in [2.24, 2.45) is 0 Å². The number of aromatic nitrogens is 2. The van der Waals surface area contributed by atoms with Crippen LogP contribution in [0.5, 0.6) is 5.75 Å². The first kappa shape index (κ1) is 22.3. The highest BCUT2D eigenvalue weighted by molar-refractivity contribution is 5.64. The quantitative estimate of drug-likeness (QED) is 0.320. The molecule has 0 amide bonds. The molecule has 0 aliphatic heterocycles. The Kier molecular flexibility index (Phi) is 6.29. The minimum absolute atomic E-state index is 0.0993. The zero-order valence-corrected chi connectivity index (χ0v) is 17.3. The Morgan fingerprint density at radius 3 is 2.42 bits per heavy atom. The summed E-state index contributed by atoms with van der Waals surface area (Å²) in [6.07, 6.45) is 0.238. The van der Waals surface area contributed by atoms with E-state index in [2.05, 4.69) is 20.6 Å². The maximum absolute atomic E-state index is 13.6. The fourth-order valence-corrected chi connectivity index (χ4v) is 3.52. The lowest BCUT2D eigenvalue weighted by Crippen LogP contribution is -2.13. The van der Waals surface area contributed by atoms with E-state index in [1.165, 1.54) is 24.3 Å². The number of halogens is 3. The summed E-state index contributed by atoms with van der Waals surface area (Å²) in [7, 11) is 0. The number of hydrogen-bond acceptors (Lipinski definition) is 7. The van der Waals surface area contributed by atoms with Gasteiger partial charge in [0.2, 0.25) is 5.95 Å². The lowest BCUT2D eigenvalue weighted by Gasteiger charge is -2.16. The van der Waals surface area contributed by atoms with Crippen LogP contribution in [-0.2, 0) is 6.18 Å². The highest BCUT2D eigenvalue weighted by Crippen LogP contribution is 2.36. The summed E-state index contributed by atoms with van der Waals surface area (Å²) in [6, 6.07) is 12.1. The van der Waals surface area contributed by atoms with Crippen LogP contribution in [0.3, 0.4) is 0 Å². The second-order valence-corrected chi connectivity index (χ2v) is 7.56. The number of nitro benzene ring substituents is 1. The fraction of sp³-hybridized carbons (Fsp3) is 0.273. The zero-order valence-electron chi connectivity index (χ0n) is 17.3. The molecule has 0 spiro atoms. The predicted molar refractivity (Wildman–Crippen MR) is 116 cm³/mol. The van der Waals surface area contributed by atoms with Crippen LogP contribution in [0.4, 0.5) is 42.0 Å². The molecule has 0 radical (unpaired) electrons. The van der Waals surface area contributed by atoms with Gasteiger partial charge < -0.3 is 15.4 Å². The molecule has 0 saturated heterocycles. The highest BCUT2D eigenvalue weighted by atomic mass is 19.4. The Morgan fingerprint density at radius 1 is 1.03 bits per heavy atom. The Hall–Kier alpha value is -3.89. The minimum Gasteiger partial charge on any atom is -0.490 e. The Morgan fingerprint density at radius 2 is 1.76 bits per heavy atom. The van der Waals surface area contributed by atoms with Gasteiger partial charge in [-0.05, 0) is 49.9 Å². The summed E-state index contributed by atoms with van der Waals surface area (Å²) >= 11 is 0. The first-order valence-electron chi connectivity index (χ1n) is 10.3. The second-order valence-electron chi connectivity index (χ2n) is 7.56. The summed E-state index contributed by atoms with van der Waals surface area (Å²) in [5, 5.41) is 16.2. The molecule has 172 valence electrons. The van der Waals surface area contributed by atoms with E-state index in [0.717, 1.165) is 25.7 Å². The molecule has 8 nitrogen and oxygen atoms in total. The maximum atomic E-state index is 13.6. The van der Waals surface area contributed by atoms with Gasteiger partial charge >= 0.3 is 6.18 Å². The van der Waals surface area contributed by atoms with Gasteiger partial charge in [-0.25, -0.2) is 4.98 Å². The van der Waals surface area contributed by atoms with Gasteiger partial charge in [0.05, 0.1) is 11.0 Å². The average molecular weight is 459 g/mol. The lowest BCUT2D eigenvalue weighted by molar-refractivity contribution is -0.384. The van der Waals surface area contributed by atoms with Crippen molar-refractivity contribution >= 4 is 28.8 Å². The van der Waals surface area contributed by atoms with E-state index >= 15 is 0 Å². The predicted octanol–water partition coefficient (Wildman–Crippen LogP) is 6.21. The van der Waals surface area contributed by atoms with Crippen LogP contribution in [0.25, 0.3) is 0 Å². The van der Waals surface area contributed by atoms with E-state index in [9.17, 15) is 23.3 Å². The molecule has 3 aromatic rings. The summed E-state index contributed by atoms with van der Waals surface area (Å²) in [4.78, 5) is 18.0. The maximum Gasteiger partial charge on any atom is 0.421 e. The molecule has 2 aromatic carbocycles. The van der Waals surface area contributed by atoms with Crippen LogP contribution in [0.1, 0.15) is 31.2 Å². The molecule has 0 atom stereocenters. The minimum atomic E-state index is -4.67. The number of anilines is 4. The highest BCUT2D eigenvalue weighted by Gasteiger charge is 2.35. The number of non-ortho nitro benzene ring substituents is 1. The number of nitrogens with zero attached hydrogens (tertiary/aromatic N) is 3. The number of nitrogens with one attached hydrogen (secondary N) is 2. The van der Waals surface area contributed by atoms with Crippen LogP contribution in [0.2, 0.25) is 0 Å². The standard InChI is InChI=1S/C22H20F3N5O3/c23-22(24,25)19-13-26-21(28-14-8-10-16(11-9-14)30(31)32)29-20(19)27-15-4-3-7-18(12-15)33-17-5-1-2-6-17/h3-4,7-13,17H,1-2,5-6H2,(H2,26,27,28,29). The van der Waals surface area contributed by atoms with E-state index in [0.29, 0.717) is 23.3 Å². The molecule has 2 N–H and O–H groups in total. The molecule has 0 bridgehead atoms. The molecule has 11 heteroatoms. The first-order valence-corrected chi connectivity index (χ1v) is 10.3. The number of rotatable bonds is 7. The molecule has 33 heavy (non-hydrogen) atoms. The van der Waals surface area contributed by atoms with Crippen LogP contribution >= 0.6 is 0 Å². The smallest absolute Gasteiger partial charge is 0.421 e. The van der Waals surface area contributed by atoms with Crippen LogP contribution < -0.4 is 15.4 Å². The summed E-state index contributed by atoms with van der Waals surface area (Å²) in [6.45, 7) is 0. The van der Waals surface area contributed by atoms with Gasteiger partial charge in [0.1, 0.15) is 17.1 Å². The fourth-order valence-electron chi connectivity index (χ4n) is 3.52. The molecule has 1 aromatic heterocycles. The van der Waals surface area contributed by atoms with Gasteiger partial charge in [-0.3, -0.25) is 10.1 Å². The lowest BCUT2D eigenvalue weighted by atomic mass is 10.2. The van der Waals surface area contributed by atoms with Gasteiger partial charge in [-0.2, -0.15) is 18.2 Å². The summed E-state index contributed by atoms with van der Waals surface area (Å²) < 4.78 is 46.6. The van der Waals surface area contributed by atoms with Gasteiger partial charge in [0, 0.05) is 35.8 Å². The van der Waals surface area contributed by atoms with E-state index in [1.807, 2.05) is 0 Å². The SMILES string of the molecule is O=[N+]([O-])c1ccc(Nc2ncc(C(F)(F)F)c(Nc3cccc(OC4CCCC4)c3)n2)cc1. The van der Waals surface area contributed by atoms with Crippen molar-refractivity contribution in [3.05, 3.63) is 70.4 Å². The van der Waals surface area contributed by atoms with E-state index in [1.54, 1.807) is 24.3 Å². The number of ether oxygens (including phenoxy) is 1. The van der Waals surface area contributed by atoms with Gasteiger partial charge in [0.25, 0.3) is 5.69 Å². The average Bonchev–Trinajstić information content (AvgIpc) is 3.27. The molecular formula is C22H20F3N5O3. The Labute approximate surface area is 187 Å². The number of nitro groups is 1. The number of hydrogen-bond donors (Lipinski definition) is 2. The topological polar surface area (TPSA) is 102 Å². The van der Waals surface area contributed by atoms with Crippen LogP contribution in [-0.4, -0.2) is 21.0 Å². The third-order valence-electron chi connectivity index (χ3n) is 5.13. The van der Waals surface area contributed by atoms with Crippen molar-refractivity contribution in [3.8, 4) is 5.75 Å². The van der Waals surface area contributed by atoms with Crippen molar-refractivity contribution in [2.45, 2.75) is 38.0 Å². The zero-order chi connectivity index (χ0) is 23.4. The normalized spacial score (nSPS) is 14.2. The van der Waals surface area contributed by atoms with Crippen molar-refractivity contribution in [1.29, 1.82) is 0 Å². The monoisotopic (exact) mass is 459 g/mol.